The first-order chi connectivity index (χ1) is 10.1. The van der Waals surface area contributed by atoms with Gasteiger partial charge in [-0.05, 0) is 12.1 Å². The summed E-state index contributed by atoms with van der Waals surface area (Å²) in [5.41, 5.74) is -0.00234. The number of rotatable bonds is 4. The first-order valence-electron chi connectivity index (χ1n) is 5.97. The summed E-state index contributed by atoms with van der Waals surface area (Å²) in [6.45, 7) is 0. The highest BCUT2D eigenvalue weighted by molar-refractivity contribution is 5.99. The number of urea groups is 1. The zero-order chi connectivity index (χ0) is 15.2. The molecule has 8 heteroatoms. The van der Waals surface area contributed by atoms with Gasteiger partial charge in [-0.2, -0.15) is 0 Å². The van der Waals surface area contributed by atoms with Crippen molar-refractivity contribution in [3.05, 3.63) is 40.9 Å². The molecule has 110 valence electrons. The Morgan fingerprint density at radius 1 is 1.19 bits per heavy atom. The van der Waals surface area contributed by atoms with E-state index in [4.69, 9.17) is 9.47 Å². The smallest absolute Gasteiger partial charge is 0.325 e. The Morgan fingerprint density at radius 2 is 1.95 bits per heavy atom. The van der Waals surface area contributed by atoms with Gasteiger partial charge in [-0.25, -0.2) is 9.78 Å². The van der Waals surface area contributed by atoms with Crippen LogP contribution in [0.15, 0.2) is 35.4 Å². The van der Waals surface area contributed by atoms with Gasteiger partial charge in [0.25, 0.3) is 5.56 Å². The molecule has 1 aromatic heterocycles. The van der Waals surface area contributed by atoms with E-state index >= 15 is 0 Å². The Morgan fingerprint density at radius 3 is 2.62 bits per heavy atom. The second kappa shape index (κ2) is 6.42. The van der Waals surface area contributed by atoms with Crippen molar-refractivity contribution < 1.29 is 14.3 Å². The molecule has 1 heterocycles. The number of carbonyl (C=O) groups is 1. The molecule has 0 saturated carbocycles. The van der Waals surface area contributed by atoms with Gasteiger partial charge in [-0.15, -0.1) is 0 Å². The number of amides is 2. The molecule has 0 unspecified atom stereocenters. The minimum atomic E-state index is -0.591. The van der Waals surface area contributed by atoms with E-state index < -0.39 is 11.6 Å². The summed E-state index contributed by atoms with van der Waals surface area (Å²) in [6.07, 6.45) is 2.74. The van der Waals surface area contributed by atoms with Crippen LogP contribution in [0.2, 0.25) is 0 Å². The third kappa shape index (κ3) is 3.50. The molecule has 2 rings (SSSR count). The number of ether oxygens (including phenoxy) is 2. The summed E-state index contributed by atoms with van der Waals surface area (Å²) >= 11 is 0. The molecule has 0 saturated heterocycles. The van der Waals surface area contributed by atoms with Crippen LogP contribution < -0.4 is 25.7 Å². The third-order valence-electron chi connectivity index (χ3n) is 2.58. The van der Waals surface area contributed by atoms with E-state index in [9.17, 15) is 9.59 Å². The predicted octanol–water partition coefficient (Wildman–Crippen LogP) is 1.43. The molecular formula is C13H14N4O4. The second-order valence-corrected chi connectivity index (χ2v) is 3.92. The molecular weight excluding hydrogens is 276 g/mol. The zero-order valence-corrected chi connectivity index (χ0v) is 11.5. The number of nitrogens with one attached hydrogen (secondary N) is 3. The number of nitrogens with zero attached hydrogens (tertiary/aromatic N) is 1. The molecule has 0 bridgehead atoms. The normalized spacial score (nSPS) is 9.81. The van der Waals surface area contributed by atoms with Gasteiger partial charge in [0.2, 0.25) is 5.82 Å². The van der Waals surface area contributed by atoms with Crippen LogP contribution in [0.3, 0.4) is 0 Å². The summed E-state index contributed by atoms with van der Waals surface area (Å²) in [4.78, 5) is 29.4. The maximum absolute atomic E-state index is 11.8. The molecule has 0 spiro atoms. The topological polar surface area (TPSA) is 105 Å². The predicted molar refractivity (Wildman–Crippen MR) is 77.0 cm³/mol. The monoisotopic (exact) mass is 290 g/mol. The second-order valence-electron chi connectivity index (χ2n) is 3.92. The largest absolute Gasteiger partial charge is 0.493 e. The van der Waals surface area contributed by atoms with Gasteiger partial charge in [-0.3, -0.25) is 10.1 Å². The lowest BCUT2D eigenvalue weighted by Gasteiger charge is -2.10. The van der Waals surface area contributed by atoms with Crippen molar-refractivity contribution in [3.63, 3.8) is 0 Å². The Kier molecular flexibility index (Phi) is 4.39. The first-order valence-corrected chi connectivity index (χ1v) is 5.97. The van der Waals surface area contributed by atoms with Crippen LogP contribution in [0.25, 0.3) is 0 Å². The molecule has 0 radical (unpaired) electrons. The Balaban J connectivity index is 2.10. The Bertz CT molecular complexity index is 699. The SMILES string of the molecule is COc1ccc(NC(=O)Nc2ncc[nH]c2=O)cc1OC. The maximum atomic E-state index is 11.8. The molecule has 0 fully saturated rings. The quantitative estimate of drug-likeness (QED) is 0.790. The third-order valence-corrected chi connectivity index (χ3v) is 2.58. The molecule has 1 aromatic carbocycles. The van der Waals surface area contributed by atoms with E-state index in [-0.39, 0.29) is 5.82 Å². The molecule has 2 aromatic rings. The van der Waals surface area contributed by atoms with Crippen LogP contribution in [0.4, 0.5) is 16.3 Å². The van der Waals surface area contributed by atoms with Gasteiger partial charge in [0, 0.05) is 24.1 Å². The van der Waals surface area contributed by atoms with Crippen LogP contribution in [0, 0.1) is 0 Å². The van der Waals surface area contributed by atoms with Crippen LogP contribution in [-0.4, -0.2) is 30.2 Å². The lowest BCUT2D eigenvalue weighted by Crippen LogP contribution is -2.25. The number of anilines is 2. The van der Waals surface area contributed by atoms with Crippen molar-refractivity contribution in [1.29, 1.82) is 0 Å². The van der Waals surface area contributed by atoms with Gasteiger partial charge >= 0.3 is 6.03 Å². The molecule has 2 amide bonds. The fourth-order valence-corrected chi connectivity index (χ4v) is 1.62. The van der Waals surface area contributed by atoms with Crippen molar-refractivity contribution in [2.75, 3.05) is 24.9 Å². The number of aromatic nitrogens is 2. The Labute approximate surface area is 120 Å². The van der Waals surface area contributed by atoms with Gasteiger partial charge < -0.3 is 19.8 Å². The number of hydrogen-bond donors (Lipinski definition) is 3. The Hall–Kier alpha value is -3.03. The van der Waals surface area contributed by atoms with Crippen molar-refractivity contribution in [3.8, 4) is 11.5 Å². The highest BCUT2D eigenvalue weighted by Gasteiger charge is 2.09. The van der Waals surface area contributed by atoms with Crippen molar-refractivity contribution in [2.24, 2.45) is 0 Å². The van der Waals surface area contributed by atoms with Gasteiger partial charge in [0.1, 0.15) is 0 Å². The lowest BCUT2D eigenvalue weighted by atomic mass is 10.3. The molecule has 3 N–H and O–H groups in total. The number of aromatic amines is 1. The van der Waals surface area contributed by atoms with Crippen molar-refractivity contribution in [2.45, 2.75) is 0 Å². The summed E-state index contributed by atoms with van der Waals surface area (Å²) < 4.78 is 10.2. The average molecular weight is 290 g/mol. The molecule has 0 aliphatic carbocycles. The highest BCUT2D eigenvalue weighted by Crippen LogP contribution is 2.29. The molecule has 0 aliphatic rings. The number of carbonyl (C=O) groups excluding carboxylic acids is 1. The van der Waals surface area contributed by atoms with E-state index in [0.29, 0.717) is 17.2 Å². The van der Waals surface area contributed by atoms with E-state index in [1.165, 1.54) is 26.6 Å². The minimum Gasteiger partial charge on any atom is -0.493 e. The van der Waals surface area contributed by atoms with Gasteiger partial charge in [0.05, 0.1) is 14.2 Å². The lowest BCUT2D eigenvalue weighted by molar-refractivity contribution is 0.262. The number of methoxy groups -OCH3 is 2. The van der Waals surface area contributed by atoms with Crippen LogP contribution >= 0.6 is 0 Å². The molecule has 0 aliphatic heterocycles. The number of hydrogen-bond acceptors (Lipinski definition) is 5. The standard InChI is InChI=1S/C13H14N4O4/c1-20-9-4-3-8(7-10(9)21-2)16-13(19)17-11-12(18)15-6-5-14-11/h3-7H,1-2H3,(H,15,18)(H2,14,16,17,19). The maximum Gasteiger partial charge on any atom is 0.325 e. The van der Waals surface area contributed by atoms with Crippen molar-refractivity contribution in [1.82, 2.24) is 9.97 Å². The van der Waals surface area contributed by atoms with E-state index in [1.54, 1.807) is 18.2 Å². The van der Waals surface area contributed by atoms with Gasteiger partial charge in [0.15, 0.2) is 11.5 Å². The molecule has 8 nitrogen and oxygen atoms in total. The van der Waals surface area contributed by atoms with E-state index in [0.717, 1.165) is 0 Å². The summed E-state index contributed by atoms with van der Waals surface area (Å²) in [7, 11) is 3.01. The van der Waals surface area contributed by atoms with Gasteiger partial charge in [-0.1, -0.05) is 0 Å². The van der Waals surface area contributed by atoms with Crippen molar-refractivity contribution >= 4 is 17.5 Å². The highest BCUT2D eigenvalue weighted by atomic mass is 16.5. The van der Waals surface area contributed by atoms with Crippen LogP contribution in [-0.2, 0) is 0 Å². The number of H-pyrrole nitrogens is 1. The van der Waals surface area contributed by atoms with Crippen LogP contribution in [0.1, 0.15) is 0 Å². The molecule has 0 atom stereocenters. The minimum absolute atomic E-state index is 0.0875. The fourth-order valence-electron chi connectivity index (χ4n) is 1.62. The van der Waals surface area contributed by atoms with E-state index in [2.05, 4.69) is 20.6 Å². The van der Waals surface area contributed by atoms with E-state index in [1.807, 2.05) is 0 Å². The first kappa shape index (κ1) is 14.4. The number of benzene rings is 1. The summed E-state index contributed by atoms with van der Waals surface area (Å²) in [5.74, 6) is 0.936. The average Bonchev–Trinajstić information content (AvgIpc) is 2.49. The summed E-state index contributed by atoms with van der Waals surface area (Å²) in [5, 5.41) is 4.91. The molecule has 21 heavy (non-hydrogen) atoms. The zero-order valence-electron chi connectivity index (χ0n) is 11.5. The summed E-state index contributed by atoms with van der Waals surface area (Å²) in [6, 6.07) is 4.30. The van der Waals surface area contributed by atoms with Crippen LogP contribution in [0.5, 0.6) is 11.5 Å². The fraction of sp³-hybridized carbons (Fsp3) is 0.154.